The number of aryl methyl sites for hydroxylation is 1. The summed E-state index contributed by atoms with van der Waals surface area (Å²) >= 11 is 6.56. The van der Waals surface area contributed by atoms with E-state index in [1.807, 2.05) is 80.7 Å². The molecule has 2 N–H and O–H groups in total. The maximum absolute atomic E-state index is 14.7. The van der Waals surface area contributed by atoms with Crippen molar-refractivity contribution in [3.63, 3.8) is 0 Å². The number of amides is 2. The molecule has 48 heavy (non-hydrogen) atoms. The summed E-state index contributed by atoms with van der Waals surface area (Å²) in [6.07, 6.45) is 2.32. The van der Waals surface area contributed by atoms with Crippen LogP contribution >= 0.6 is 11.6 Å². The van der Waals surface area contributed by atoms with E-state index in [0.717, 1.165) is 11.3 Å². The summed E-state index contributed by atoms with van der Waals surface area (Å²) in [4.78, 5) is 42.6. The number of benzene rings is 3. The zero-order valence-electron chi connectivity index (χ0n) is 27.0. The first-order chi connectivity index (χ1) is 23.0. The van der Waals surface area contributed by atoms with E-state index < -0.39 is 20.0 Å². The van der Waals surface area contributed by atoms with E-state index in [1.165, 1.54) is 0 Å². The maximum Gasteiger partial charge on any atom is 0.269 e. The minimum absolute atomic E-state index is 0.0103. The SMILES string of the molecule is C[C@@H]1[C@@H]([Si](C)(C)O)[C@H](CCn2cc(CCO)nn2)O[C@@]12C(=O)N(Cc1ccc(N3C(=O)COc4ccccc43)cc1)c1ccc(Cl)cc12. The van der Waals surface area contributed by atoms with E-state index in [4.69, 9.17) is 21.1 Å². The number of para-hydroxylation sites is 2. The Labute approximate surface area is 284 Å². The normalized spacial score (nSPS) is 23.5. The van der Waals surface area contributed by atoms with Gasteiger partial charge in [-0.05, 0) is 67.5 Å². The van der Waals surface area contributed by atoms with Crippen LogP contribution in [-0.2, 0) is 39.4 Å². The van der Waals surface area contributed by atoms with Crippen molar-refractivity contribution < 1.29 is 29.0 Å². The molecule has 3 aliphatic rings. The summed E-state index contributed by atoms with van der Waals surface area (Å²) in [5.74, 6) is -0.0385. The number of anilines is 3. The van der Waals surface area contributed by atoms with Crippen molar-refractivity contribution in [3.8, 4) is 5.75 Å². The second-order valence-electron chi connectivity index (χ2n) is 13.3. The lowest BCUT2D eigenvalue weighted by Gasteiger charge is -2.32. The van der Waals surface area contributed by atoms with Crippen LogP contribution in [0, 0.1) is 5.92 Å². The Bertz CT molecular complexity index is 1860. The predicted octanol–water partition coefficient (Wildman–Crippen LogP) is 4.96. The number of carbonyl (C=O) groups is 2. The number of hydrogen-bond donors (Lipinski definition) is 2. The minimum atomic E-state index is -2.85. The summed E-state index contributed by atoms with van der Waals surface area (Å²) in [7, 11) is -2.85. The second kappa shape index (κ2) is 12.4. The Hall–Kier alpha value is -4.07. The summed E-state index contributed by atoms with van der Waals surface area (Å²) < 4.78 is 14.2. The van der Waals surface area contributed by atoms with Crippen molar-refractivity contribution in [2.45, 2.75) is 63.2 Å². The fourth-order valence-corrected chi connectivity index (χ4v) is 10.5. The van der Waals surface area contributed by atoms with Gasteiger partial charge in [-0.2, -0.15) is 0 Å². The molecule has 4 aromatic rings. The fraction of sp³-hybridized carbons (Fsp3) is 0.371. The molecule has 1 spiro atoms. The van der Waals surface area contributed by atoms with Crippen LogP contribution in [0.25, 0.3) is 0 Å². The molecule has 1 saturated heterocycles. The number of aliphatic hydroxyl groups excluding tert-OH is 1. The largest absolute Gasteiger partial charge is 0.482 e. The second-order valence-corrected chi connectivity index (χ2v) is 17.7. The van der Waals surface area contributed by atoms with E-state index in [1.54, 1.807) is 26.7 Å². The van der Waals surface area contributed by atoms with Gasteiger partial charge in [-0.3, -0.25) is 19.2 Å². The van der Waals surface area contributed by atoms with Crippen LogP contribution in [-0.4, -0.2) is 64.3 Å². The first kappa shape index (κ1) is 32.5. The number of ether oxygens (including phenoxy) is 2. The summed E-state index contributed by atoms with van der Waals surface area (Å²) in [5, 5.41) is 18.1. The van der Waals surface area contributed by atoms with Crippen molar-refractivity contribution in [3.05, 3.63) is 94.8 Å². The van der Waals surface area contributed by atoms with Crippen molar-refractivity contribution in [2.75, 3.05) is 23.0 Å². The first-order valence-corrected chi connectivity index (χ1v) is 19.6. The third-order valence-electron chi connectivity index (χ3n) is 9.78. The number of nitrogens with zero attached hydrogens (tertiary/aromatic N) is 5. The number of halogens is 1. The van der Waals surface area contributed by atoms with Crippen molar-refractivity contribution in [2.24, 2.45) is 5.92 Å². The Balaban J connectivity index is 1.18. The molecule has 4 heterocycles. The Kier molecular flexibility index (Phi) is 8.41. The standard InChI is InChI=1S/C35H38ClN5O6Si/c1-22-33(48(2,3)45)31(14-16-39-20-25(15-17-42)37-38-39)47-35(22)27-18-24(36)10-13-28(27)40(34(35)44)19-23-8-11-26(12-9-23)41-29-6-4-5-7-30(29)46-21-32(41)43/h4-13,18,20,22,31,33,42,45H,14-17,19,21H2,1-3H3/t22-,31+,33-,35+/m1/s1. The highest BCUT2D eigenvalue weighted by molar-refractivity contribution is 6.71. The monoisotopic (exact) mass is 687 g/mol. The van der Waals surface area contributed by atoms with E-state index in [9.17, 15) is 19.5 Å². The summed E-state index contributed by atoms with van der Waals surface area (Å²) in [6, 6.07) is 20.5. The molecule has 0 aliphatic carbocycles. The van der Waals surface area contributed by atoms with E-state index in [-0.39, 0.29) is 43.0 Å². The van der Waals surface area contributed by atoms with Crippen LogP contribution in [0.3, 0.4) is 0 Å². The molecule has 3 aliphatic heterocycles. The van der Waals surface area contributed by atoms with Crippen LogP contribution in [0.2, 0.25) is 23.7 Å². The van der Waals surface area contributed by atoms with Crippen LogP contribution in [0.4, 0.5) is 17.1 Å². The third-order valence-corrected chi connectivity index (χ3v) is 12.5. The minimum Gasteiger partial charge on any atom is -0.482 e. The molecule has 7 rings (SSSR count). The van der Waals surface area contributed by atoms with Gasteiger partial charge < -0.3 is 24.3 Å². The molecule has 2 amide bonds. The fourth-order valence-electron chi connectivity index (χ4n) is 7.73. The van der Waals surface area contributed by atoms with Gasteiger partial charge in [0.05, 0.1) is 29.7 Å². The molecule has 11 nitrogen and oxygen atoms in total. The average molecular weight is 688 g/mol. The molecule has 3 aromatic carbocycles. The number of hydrogen-bond acceptors (Lipinski definition) is 8. The smallest absolute Gasteiger partial charge is 0.269 e. The van der Waals surface area contributed by atoms with Gasteiger partial charge in [-0.15, -0.1) is 5.10 Å². The molecular weight excluding hydrogens is 650 g/mol. The Morgan fingerprint density at radius 3 is 2.58 bits per heavy atom. The van der Waals surface area contributed by atoms with Gasteiger partial charge in [0, 0.05) is 53.5 Å². The van der Waals surface area contributed by atoms with E-state index in [2.05, 4.69) is 10.3 Å². The van der Waals surface area contributed by atoms with Crippen molar-refractivity contribution >= 4 is 48.8 Å². The molecule has 0 radical (unpaired) electrons. The maximum atomic E-state index is 14.7. The summed E-state index contributed by atoms with van der Waals surface area (Å²) in [5.41, 5.74) is 2.82. The van der Waals surface area contributed by atoms with E-state index >= 15 is 0 Å². The quantitative estimate of drug-likeness (QED) is 0.236. The summed E-state index contributed by atoms with van der Waals surface area (Å²) in [6.45, 7) is 6.50. The van der Waals surface area contributed by atoms with Gasteiger partial charge in [0.25, 0.3) is 11.8 Å². The highest BCUT2D eigenvalue weighted by atomic mass is 35.5. The lowest BCUT2D eigenvalue weighted by Crippen LogP contribution is -2.46. The van der Waals surface area contributed by atoms with Crippen LogP contribution in [0.15, 0.2) is 72.9 Å². The highest BCUT2D eigenvalue weighted by Gasteiger charge is 2.66. The van der Waals surface area contributed by atoms with Gasteiger partial charge in [0.1, 0.15) is 5.75 Å². The molecule has 1 aromatic heterocycles. The van der Waals surface area contributed by atoms with Gasteiger partial charge >= 0.3 is 0 Å². The molecule has 0 bridgehead atoms. The van der Waals surface area contributed by atoms with Crippen LogP contribution in [0.1, 0.15) is 30.2 Å². The van der Waals surface area contributed by atoms with Gasteiger partial charge in [0.2, 0.25) is 0 Å². The predicted molar refractivity (Wildman–Crippen MR) is 183 cm³/mol. The molecule has 13 heteroatoms. The van der Waals surface area contributed by atoms with Crippen LogP contribution in [0.5, 0.6) is 5.75 Å². The molecule has 1 fully saturated rings. The molecular formula is C35H38ClN5O6Si. The molecule has 0 unspecified atom stereocenters. The van der Waals surface area contributed by atoms with Gasteiger partial charge in [-0.1, -0.05) is 48.0 Å². The molecule has 0 saturated carbocycles. The van der Waals surface area contributed by atoms with E-state index in [0.29, 0.717) is 52.8 Å². The number of carbonyl (C=O) groups excluding carboxylic acids is 2. The van der Waals surface area contributed by atoms with Gasteiger partial charge in [-0.25, -0.2) is 0 Å². The molecule has 4 atom stereocenters. The Morgan fingerprint density at radius 2 is 1.83 bits per heavy atom. The molecule has 250 valence electrons. The number of fused-ring (bicyclic) bond motifs is 3. The Morgan fingerprint density at radius 1 is 1.06 bits per heavy atom. The number of aromatic nitrogens is 3. The zero-order valence-corrected chi connectivity index (χ0v) is 28.8. The van der Waals surface area contributed by atoms with Crippen molar-refractivity contribution in [1.29, 1.82) is 0 Å². The van der Waals surface area contributed by atoms with Gasteiger partial charge in [0.15, 0.2) is 20.5 Å². The number of aliphatic hydroxyl groups is 1. The lowest BCUT2D eigenvalue weighted by molar-refractivity contribution is -0.146. The first-order valence-electron chi connectivity index (χ1n) is 16.2. The lowest BCUT2D eigenvalue weighted by atomic mass is 9.82. The average Bonchev–Trinajstić information content (AvgIpc) is 3.70. The van der Waals surface area contributed by atoms with Crippen molar-refractivity contribution in [1.82, 2.24) is 15.0 Å². The number of rotatable bonds is 9. The highest BCUT2D eigenvalue weighted by Crippen LogP contribution is 2.60. The van der Waals surface area contributed by atoms with Crippen LogP contribution < -0.4 is 14.5 Å². The third kappa shape index (κ3) is 5.51. The zero-order chi connectivity index (χ0) is 33.8. The topological polar surface area (TPSA) is 130 Å².